The van der Waals surface area contributed by atoms with Crippen LogP contribution in [-0.4, -0.2) is 35.1 Å². The van der Waals surface area contributed by atoms with E-state index in [0.717, 1.165) is 5.56 Å². The van der Waals surface area contributed by atoms with Gasteiger partial charge in [-0.2, -0.15) is 0 Å². The molecule has 0 bridgehead atoms. The van der Waals surface area contributed by atoms with Gasteiger partial charge < -0.3 is 5.11 Å². The van der Waals surface area contributed by atoms with Crippen molar-refractivity contribution in [1.29, 1.82) is 0 Å². The summed E-state index contributed by atoms with van der Waals surface area (Å²) in [5, 5.41) is 9.71. The third-order valence-electron chi connectivity index (χ3n) is 2.46. The van der Waals surface area contributed by atoms with Crippen LogP contribution in [0.3, 0.4) is 0 Å². The van der Waals surface area contributed by atoms with Crippen molar-refractivity contribution in [2.24, 2.45) is 5.84 Å². The van der Waals surface area contributed by atoms with Crippen LogP contribution in [-0.2, 0) is 6.54 Å². The van der Waals surface area contributed by atoms with Gasteiger partial charge in [-0.1, -0.05) is 12.1 Å². The monoisotopic (exact) mass is 251 g/mol. The topological polar surface area (TPSA) is 78.6 Å². The lowest BCUT2D eigenvalue weighted by atomic mass is 10.1. The Bertz CT molecular complexity index is 396. The Balaban J connectivity index is 2.61. The maximum Gasteiger partial charge on any atom is 0.265 e. The minimum absolute atomic E-state index is 0.300. The zero-order valence-electron chi connectivity index (χ0n) is 11.1. The lowest BCUT2D eigenvalue weighted by Gasteiger charge is -2.25. The van der Waals surface area contributed by atoms with Crippen LogP contribution in [0.25, 0.3) is 0 Å². The number of nitrogens with one attached hydrogen (secondary N) is 1. The number of nitrogens with zero attached hydrogens (tertiary/aromatic N) is 1. The van der Waals surface area contributed by atoms with E-state index < -0.39 is 5.60 Å². The number of benzene rings is 1. The number of carbonyl (C=O) groups excluding carboxylic acids is 1. The van der Waals surface area contributed by atoms with Crippen molar-refractivity contribution in [3.05, 3.63) is 35.4 Å². The largest absolute Gasteiger partial charge is 0.389 e. The molecule has 1 aromatic carbocycles. The molecule has 0 aliphatic rings. The lowest BCUT2D eigenvalue weighted by Crippen LogP contribution is -2.35. The van der Waals surface area contributed by atoms with Crippen molar-refractivity contribution < 1.29 is 9.90 Å². The third-order valence-corrected chi connectivity index (χ3v) is 2.46. The predicted octanol–water partition coefficient (Wildman–Crippen LogP) is 0.493. The second-order valence-electron chi connectivity index (χ2n) is 5.16. The highest BCUT2D eigenvalue weighted by Gasteiger charge is 2.15. The van der Waals surface area contributed by atoms with Gasteiger partial charge in [0.1, 0.15) is 0 Å². The molecule has 0 atom stereocenters. The minimum atomic E-state index is -0.714. The number of nitrogen functional groups attached to an aromatic ring is 1. The quantitative estimate of drug-likeness (QED) is 0.404. The van der Waals surface area contributed by atoms with Gasteiger partial charge in [-0.3, -0.25) is 15.1 Å². The summed E-state index contributed by atoms with van der Waals surface area (Å²) < 4.78 is 0. The summed E-state index contributed by atoms with van der Waals surface area (Å²) in [5.41, 5.74) is 2.99. The molecule has 0 saturated heterocycles. The summed E-state index contributed by atoms with van der Waals surface area (Å²) in [7, 11) is 1.94. The number of hydrogen-bond donors (Lipinski definition) is 3. The molecule has 0 spiro atoms. The van der Waals surface area contributed by atoms with Crippen molar-refractivity contribution in [2.45, 2.75) is 26.0 Å². The number of aliphatic hydroxyl groups is 1. The fourth-order valence-electron chi connectivity index (χ4n) is 1.87. The Morgan fingerprint density at radius 2 is 1.94 bits per heavy atom. The Morgan fingerprint density at radius 3 is 2.39 bits per heavy atom. The summed E-state index contributed by atoms with van der Waals surface area (Å²) >= 11 is 0. The first kappa shape index (κ1) is 14.6. The van der Waals surface area contributed by atoms with E-state index in [4.69, 9.17) is 5.84 Å². The van der Waals surface area contributed by atoms with Crippen LogP contribution in [0.15, 0.2) is 24.3 Å². The van der Waals surface area contributed by atoms with E-state index in [9.17, 15) is 9.90 Å². The number of amides is 1. The van der Waals surface area contributed by atoms with Crippen LogP contribution in [0.1, 0.15) is 29.8 Å². The van der Waals surface area contributed by atoms with Gasteiger partial charge in [0.25, 0.3) is 5.91 Å². The predicted molar refractivity (Wildman–Crippen MR) is 70.7 cm³/mol. The Morgan fingerprint density at radius 1 is 1.39 bits per heavy atom. The highest BCUT2D eigenvalue weighted by Crippen LogP contribution is 2.09. The second-order valence-corrected chi connectivity index (χ2v) is 5.16. The van der Waals surface area contributed by atoms with Gasteiger partial charge in [0, 0.05) is 18.7 Å². The van der Waals surface area contributed by atoms with Crippen LogP contribution in [0.4, 0.5) is 0 Å². The Hall–Kier alpha value is -1.43. The summed E-state index contributed by atoms with van der Waals surface area (Å²) in [6.07, 6.45) is 0. The molecule has 18 heavy (non-hydrogen) atoms. The van der Waals surface area contributed by atoms with E-state index in [0.29, 0.717) is 18.7 Å². The van der Waals surface area contributed by atoms with E-state index in [1.54, 1.807) is 26.0 Å². The fourth-order valence-corrected chi connectivity index (χ4v) is 1.87. The molecule has 5 heteroatoms. The number of hydrazine groups is 1. The molecule has 0 heterocycles. The molecule has 0 unspecified atom stereocenters. The van der Waals surface area contributed by atoms with E-state index in [-0.39, 0.29) is 5.91 Å². The second kappa shape index (κ2) is 5.95. The van der Waals surface area contributed by atoms with Crippen molar-refractivity contribution in [3.63, 3.8) is 0 Å². The SMILES string of the molecule is CN(Cc1ccc(C(=O)NN)cc1)CC(C)(C)O. The van der Waals surface area contributed by atoms with Crippen LogP contribution < -0.4 is 11.3 Å². The molecule has 1 aromatic rings. The number of hydrogen-bond acceptors (Lipinski definition) is 4. The zero-order valence-corrected chi connectivity index (χ0v) is 11.1. The van der Waals surface area contributed by atoms with Gasteiger partial charge >= 0.3 is 0 Å². The normalized spacial score (nSPS) is 11.7. The number of carbonyl (C=O) groups is 1. The summed E-state index contributed by atoms with van der Waals surface area (Å²) in [4.78, 5) is 13.3. The molecule has 0 aromatic heterocycles. The first-order valence-corrected chi connectivity index (χ1v) is 5.82. The van der Waals surface area contributed by atoms with Crippen molar-refractivity contribution in [2.75, 3.05) is 13.6 Å². The molecule has 0 saturated carbocycles. The zero-order chi connectivity index (χ0) is 13.8. The summed E-state index contributed by atoms with van der Waals surface area (Å²) in [6.45, 7) is 4.85. The third kappa shape index (κ3) is 4.83. The summed E-state index contributed by atoms with van der Waals surface area (Å²) in [5.74, 6) is 4.76. The molecular weight excluding hydrogens is 230 g/mol. The fraction of sp³-hybridized carbons (Fsp3) is 0.462. The van der Waals surface area contributed by atoms with Gasteiger partial charge in [-0.05, 0) is 38.6 Å². The Labute approximate surface area is 108 Å². The molecule has 100 valence electrons. The van der Waals surface area contributed by atoms with E-state index >= 15 is 0 Å². The van der Waals surface area contributed by atoms with E-state index in [2.05, 4.69) is 5.43 Å². The smallest absolute Gasteiger partial charge is 0.265 e. The first-order valence-electron chi connectivity index (χ1n) is 5.82. The minimum Gasteiger partial charge on any atom is -0.389 e. The molecule has 4 N–H and O–H groups in total. The van der Waals surface area contributed by atoms with E-state index in [1.165, 1.54) is 0 Å². The highest BCUT2D eigenvalue weighted by atomic mass is 16.3. The molecule has 0 aliphatic heterocycles. The standard InChI is InChI=1S/C13H21N3O2/c1-13(2,18)9-16(3)8-10-4-6-11(7-5-10)12(17)15-14/h4-7,18H,8-9,14H2,1-3H3,(H,15,17). The van der Waals surface area contributed by atoms with Gasteiger partial charge in [-0.15, -0.1) is 0 Å². The molecule has 0 aliphatic carbocycles. The summed E-state index contributed by atoms with van der Waals surface area (Å²) in [6, 6.07) is 7.22. The molecule has 0 radical (unpaired) electrons. The molecular formula is C13H21N3O2. The number of rotatable bonds is 5. The number of likely N-dealkylation sites (N-methyl/N-ethyl adjacent to an activating group) is 1. The molecule has 1 amide bonds. The van der Waals surface area contributed by atoms with Crippen molar-refractivity contribution >= 4 is 5.91 Å². The molecule has 0 fully saturated rings. The van der Waals surface area contributed by atoms with Crippen LogP contribution in [0.2, 0.25) is 0 Å². The average Bonchev–Trinajstić information content (AvgIpc) is 2.26. The van der Waals surface area contributed by atoms with Crippen LogP contribution in [0.5, 0.6) is 0 Å². The van der Waals surface area contributed by atoms with Crippen LogP contribution >= 0.6 is 0 Å². The molecule has 5 nitrogen and oxygen atoms in total. The lowest BCUT2D eigenvalue weighted by molar-refractivity contribution is 0.0425. The maximum absolute atomic E-state index is 11.3. The number of nitrogens with two attached hydrogens (primary N) is 1. The first-order chi connectivity index (χ1) is 8.31. The van der Waals surface area contributed by atoms with E-state index in [1.807, 2.05) is 24.1 Å². The van der Waals surface area contributed by atoms with Crippen LogP contribution in [0, 0.1) is 0 Å². The average molecular weight is 251 g/mol. The van der Waals surface area contributed by atoms with Gasteiger partial charge in [0.2, 0.25) is 0 Å². The van der Waals surface area contributed by atoms with Crippen molar-refractivity contribution in [1.82, 2.24) is 10.3 Å². The van der Waals surface area contributed by atoms with Gasteiger partial charge in [0.15, 0.2) is 0 Å². The van der Waals surface area contributed by atoms with Crippen molar-refractivity contribution in [3.8, 4) is 0 Å². The highest BCUT2D eigenvalue weighted by molar-refractivity contribution is 5.93. The van der Waals surface area contributed by atoms with Gasteiger partial charge in [-0.25, -0.2) is 5.84 Å². The molecule has 1 rings (SSSR count). The Kier molecular flexibility index (Phi) is 4.84. The van der Waals surface area contributed by atoms with Gasteiger partial charge in [0.05, 0.1) is 5.60 Å². The maximum atomic E-state index is 11.3.